The molecule has 2 aromatic carbocycles. The molecule has 0 N–H and O–H groups in total. The third-order valence-corrected chi connectivity index (χ3v) is 8.06. The molecule has 2 aliphatic heterocycles. The first-order valence-corrected chi connectivity index (χ1v) is 12.9. The summed E-state index contributed by atoms with van der Waals surface area (Å²) in [5.41, 5.74) is -1.09. The fourth-order valence-electron chi connectivity index (χ4n) is 4.91. The van der Waals surface area contributed by atoms with Crippen molar-refractivity contribution in [1.29, 1.82) is 0 Å². The number of amides is 1. The minimum absolute atomic E-state index is 0.113. The largest absolute Gasteiger partial charge is 0.417 e. The van der Waals surface area contributed by atoms with Crippen molar-refractivity contribution < 1.29 is 27.1 Å². The van der Waals surface area contributed by atoms with Gasteiger partial charge in [0.15, 0.2) is 0 Å². The molecule has 7 nitrogen and oxygen atoms in total. The molecule has 0 radical (unpaired) electrons. The maximum atomic E-state index is 14.6. The van der Waals surface area contributed by atoms with E-state index in [1.54, 1.807) is 9.80 Å². The Morgan fingerprint density at radius 1 is 1.18 bits per heavy atom. The van der Waals surface area contributed by atoms with E-state index < -0.39 is 29.4 Å². The van der Waals surface area contributed by atoms with Gasteiger partial charge in [-0.15, -0.1) is 11.8 Å². The van der Waals surface area contributed by atoms with Crippen molar-refractivity contribution in [1.82, 2.24) is 14.5 Å². The number of methoxy groups -OCH3 is 1. The number of nitrogens with zero attached hydrogens (tertiary/aromatic N) is 4. The number of hydrogen-bond donors (Lipinski definition) is 0. The summed E-state index contributed by atoms with van der Waals surface area (Å²) in [5, 5.41) is 0.186. The molecule has 5 rings (SSSR count). The molecule has 38 heavy (non-hydrogen) atoms. The Morgan fingerprint density at radius 3 is 2.47 bits per heavy atom. The predicted octanol–water partition coefficient (Wildman–Crippen LogP) is 4.18. The fraction of sp³-hybridized carbons (Fsp3) is 0.346. The van der Waals surface area contributed by atoms with Gasteiger partial charge in [0.2, 0.25) is 5.91 Å². The Balaban J connectivity index is 1.79. The zero-order valence-corrected chi connectivity index (χ0v) is 21.2. The fourth-order valence-corrected chi connectivity index (χ4v) is 6.24. The minimum atomic E-state index is -4.74. The molecule has 1 atom stereocenters. The van der Waals surface area contributed by atoms with Crippen LogP contribution < -0.4 is 10.6 Å². The van der Waals surface area contributed by atoms with Gasteiger partial charge in [-0.1, -0.05) is 18.7 Å². The third-order valence-electron chi connectivity index (χ3n) is 6.84. The summed E-state index contributed by atoms with van der Waals surface area (Å²) >= 11 is 1.17. The van der Waals surface area contributed by atoms with Gasteiger partial charge in [0.05, 0.1) is 23.7 Å². The maximum Gasteiger partial charge on any atom is 0.417 e. The normalized spacial score (nSPS) is 18.0. The molecule has 1 saturated heterocycles. The van der Waals surface area contributed by atoms with Gasteiger partial charge in [0, 0.05) is 54.9 Å². The first-order chi connectivity index (χ1) is 18.1. The zero-order valence-electron chi connectivity index (χ0n) is 20.4. The first-order valence-electron chi connectivity index (χ1n) is 11.9. The van der Waals surface area contributed by atoms with Crippen LogP contribution in [0.5, 0.6) is 0 Å². The van der Waals surface area contributed by atoms with Crippen LogP contribution in [0.3, 0.4) is 0 Å². The Kier molecular flexibility index (Phi) is 6.95. The number of ether oxygens (including phenoxy) is 1. The molecule has 0 spiro atoms. The van der Waals surface area contributed by atoms with Gasteiger partial charge >= 0.3 is 11.9 Å². The summed E-state index contributed by atoms with van der Waals surface area (Å²) in [4.78, 5) is 33.2. The van der Waals surface area contributed by atoms with Gasteiger partial charge in [-0.05, 0) is 29.8 Å². The molecule has 0 saturated carbocycles. The molecule has 1 fully saturated rings. The van der Waals surface area contributed by atoms with Gasteiger partial charge < -0.3 is 14.5 Å². The smallest absolute Gasteiger partial charge is 0.379 e. The number of anilines is 1. The number of alkyl halides is 3. The van der Waals surface area contributed by atoms with Gasteiger partial charge in [0.25, 0.3) is 0 Å². The second-order valence-electron chi connectivity index (χ2n) is 9.04. The second kappa shape index (κ2) is 10.1. The number of rotatable bonds is 4. The maximum absolute atomic E-state index is 14.6. The number of carbonyl (C=O) groups is 1. The lowest BCUT2D eigenvalue weighted by atomic mass is 9.96. The van der Waals surface area contributed by atoms with Crippen molar-refractivity contribution in [2.45, 2.75) is 23.7 Å². The van der Waals surface area contributed by atoms with Crippen molar-refractivity contribution in [2.24, 2.45) is 0 Å². The lowest BCUT2D eigenvalue weighted by Gasteiger charge is -2.35. The van der Waals surface area contributed by atoms with Crippen molar-refractivity contribution in [3.05, 3.63) is 64.9 Å². The number of carbonyl (C=O) groups excluding carboxylic acids is 1. The molecule has 0 bridgehead atoms. The van der Waals surface area contributed by atoms with Crippen molar-refractivity contribution in [2.75, 3.05) is 43.9 Å². The molecule has 0 unspecified atom stereocenters. The minimum Gasteiger partial charge on any atom is -0.379 e. The highest BCUT2D eigenvalue weighted by molar-refractivity contribution is 7.99. The van der Waals surface area contributed by atoms with Crippen LogP contribution >= 0.6 is 11.8 Å². The average Bonchev–Trinajstić information content (AvgIpc) is 3.11. The number of halogens is 4. The Morgan fingerprint density at radius 2 is 1.87 bits per heavy atom. The van der Waals surface area contributed by atoms with Crippen LogP contribution in [0.2, 0.25) is 0 Å². The highest BCUT2D eigenvalue weighted by Gasteiger charge is 2.38. The van der Waals surface area contributed by atoms with E-state index in [0.717, 1.165) is 18.2 Å². The molecule has 3 aromatic rings. The molecular weight excluding hydrogens is 524 g/mol. The SMILES string of the molecule is C=CC(=O)N1CCN(c2nc(=O)n3c4c(c(-c5ccc(F)cc5)c(C(F)(F)F)cc24)SC[C@@H](OC)C3)CC1. The molecule has 12 heteroatoms. The zero-order chi connectivity index (χ0) is 27.2. The highest BCUT2D eigenvalue weighted by atomic mass is 32.2. The molecule has 200 valence electrons. The first kappa shape index (κ1) is 26.2. The van der Waals surface area contributed by atoms with Crippen LogP contribution in [0.25, 0.3) is 22.0 Å². The number of aromatic nitrogens is 2. The van der Waals surface area contributed by atoms with E-state index in [1.807, 2.05) is 0 Å². The summed E-state index contributed by atoms with van der Waals surface area (Å²) < 4.78 is 64.3. The van der Waals surface area contributed by atoms with Crippen molar-refractivity contribution in [3.63, 3.8) is 0 Å². The van der Waals surface area contributed by atoms with Crippen molar-refractivity contribution >= 4 is 34.4 Å². The van der Waals surface area contributed by atoms with E-state index in [1.165, 1.54) is 41.6 Å². The summed E-state index contributed by atoms with van der Waals surface area (Å²) in [5.74, 6) is -0.365. The summed E-state index contributed by atoms with van der Waals surface area (Å²) in [6.07, 6.45) is -3.97. The Bertz CT molecular complexity index is 1460. The summed E-state index contributed by atoms with van der Waals surface area (Å²) in [6.45, 7) is 4.81. The van der Waals surface area contributed by atoms with E-state index in [9.17, 15) is 27.2 Å². The molecule has 0 aliphatic carbocycles. The van der Waals surface area contributed by atoms with Gasteiger partial charge in [-0.2, -0.15) is 18.2 Å². The molecule has 2 aliphatic rings. The van der Waals surface area contributed by atoms with Crippen LogP contribution in [0.4, 0.5) is 23.4 Å². The average molecular weight is 549 g/mol. The topological polar surface area (TPSA) is 67.7 Å². The van der Waals surface area contributed by atoms with Gasteiger partial charge in [-0.3, -0.25) is 9.36 Å². The van der Waals surface area contributed by atoms with E-state index in [2.05, 4.69) is 11.6 Å². The third kappa shape index (κ3) is 4.66. The van der Waals surface area contributed by atoms with Crippen LogP contribution in [0.1, 0.15) is 5.56 Å². The van der Waals surface area contributed by atoms with Gasteiger partial charge in [0.1, 0.15) is 11.6 Å². The number of thioether (sulfide) groups is 1. The number of piperazine rings is 1. The van der Waals surface area contributed by atoms with Crippen LogP contribution in [-0.2, 0) is 22.3 Å². The van der Waals surface area contributed by atoms with E-state index in [-0.39, 0.29) is 52.8 Å². The van der Waals surface area contributed by atoms with E-state index >= 15 is 0 Å². The van der Waals surface area contributed by atoms with Crippen LogP contribution in [0.15, 0.2) is 52.7 Å². The number of benzene rings is 2. The highest BCUT2D eigenvalue weighted by Crippen LogP contribution is 2.48. The molecule has 1 aromatic heterocycles. The van der Waals surface area contributed by atoms with E-state index in [0.29, 0.717) is 24.4 Å². The molecule has 3 heterocycles. The lowest BCUT2D eigenvalue weighted by molar-refractivity contribution is -0.137. The second-order valence-corrected chi connectivity index (χ2v) is 10.1. The molecular formula is C26H24F4N4O3S. The summed E-state index contributed by atoms with van der Waals surface area (Å²) in [6, 6.07) is 5.87. The molecule has 1 amide bonds. The van der Waals surface area contributed by atoms with E-state index in [4.69, 9.17) is 4.74 Å². The standard InChI is InChI=1S/C26H24F4N4O3S/c1-3-20(35)32-8-10-33(11-9-32)24-18-12-19(26(28,29)30)21(15-4-6-16(27)7-5-15)23-22(18)34(25(36)31-24)13-17(37-2)14-38-23/h3-7,12,17H,1,8-11,13-14H2,2H3/t17-/m0/s1. The Hall–Kier alpha value is -3.38. The monoisotopic (exact) mass is 548 g/mol. The van der Waals surface area contributed by atoms with Gasteiger partial charge in [-0.25, -0.2) is 9.18 Å². The quantitative estimate of drug-likeness (QED) is 0.360. The predicted molar refractivity (Wildman–Crippen MR) is 137 cm³/mol. The lowest BCUT2D eigenvalue weighted by Crippen LogP contribution is -2.49. The van der Waals surface area contributed by atoms with Crippen LogP contribution in [0, 0.1) is 5.82 Å². The Labute approximate surface area is 219 Å². The van der Waals surface area contributed by atoms with Crippen LogP contribution in [-0.4, -0.2) is 65.5 Å². The summed E-state index contributed by atoms with van der Waals surface area (Å²) in [7, 11) is 1.48. The van der Waals surface area contributed by atoms with Crippen molar-refractivity contribution in [3.8, 4) is 11.1 Å². The number of hydrogen-bond acceptors (Lipinski definition) is 6.